The first kappa shape index (κ1) is 16.7. The Morgan fingerprint density at radius 2 is 2.00 bits per heavy atom. The third-order valence-electron chi connectivity index (χ3n) is 5.04. The highest BCUT2D eigenvalue weighted by atomic mass is 16.5. The molecule has 26 heavy (non-hydrogen) atoms. The Morgan fingerprint density at radius 3 is 2.77 bits per heavy atom. The fraction of sp³-hybridized carbons (Fsp3) is 0.286. The first-order valence-electron chi connectivity index (χ1n) is 8.93. The number of aromatic nitrogens is 1. The van der Waals surface area contributed by atoms with Gasteiger partial charge < -0.3 is 20.1 Å². The number of ether oxygens (including phenoxy) is 1. The topological polar surface area (TPSA) is 77.5 Å². The molecule has 0 amide bonds. The van der Waals surface area contributed by atoms with Crippen LogP contribution in [0.1, 0.15) is 35.7 Å². The standard InChI is InChI=1S/C21H22N2O3/c22-15-8-4-9-16-20(15)21-17(10-5-11-18(21)26-13-19(24)25)23(16)12-14-6-2-1-3-7-14/h1-3,5-7,10-11,15H,4,8-9,12-13,22H2,(H,24,25). The van der Waals surface area contributed by atoms with Gasteiger partial charge in [-0.15, -0.1) is 0 Å². The predicted octanol–water partition coefficient (Wildman–Crippen LogP) is 3.49. The summed E-state index contributed by atoms with van der Waals surface area (Å²) in [5.41, 5.74) is 11.1. The Balaban J connectivity index is 1.89. The van der Waals surface area contributed by atoms with Gasteiger partial charge in [-0.05, 0) is 37.0 Å². The van der Waals surface area contributed by atoms with Gasteiger partial charge in [0.25, 0.3) is 0 Å². The predicted molar refractivity (Wildman–Crippen MR) is 100 cm³/mol. The summed E-state index contributed by atoms with van der Waals surface area (Å²) in [6.45, 7) is 0.411. The summed E-state index contributed by atoms with van der Waals surface area (Å²) >= 11 is 0. The van der Waals surface area contributed by atoms with Gasteiger partial charge >= 0.3 is 5.97 Å². The summed E-state index contributed by atoms with van der Waals surface area (Å²) in [5, 5.41) is 9.95. The van der Waals surface area contributed by atoms with Crippen molar-refractivity contribution in [1.82, 2.24) is 4.57 Å². The molecule has 0 saturated heterocycles. The second-order valence-corrected chi connectivity index (χ2v) is 6.76. The zero-order chi connectivity index (χ0) is 18.1. The van der Waals surface area contributed by atoms with Crippen LogP contribution in [-0.4, -0.2) is 22.2 Å². The number of nitrogens with zero attached hydrogens (tertiary/aromatic N) is 1. The minimum atomic E-state index is -0.983. The van der Waals surface area contributed by atoms with Crippen LogP contribution in [0, 0.1) is 0 Å². The first-order valence-corrected chi connectivity index (χ1v) is 8.93. The molecule has 0 fully saturated rings. The molecule has 1 heterocycles. The maximum Gasteiger partial charge on any atom is 0.341 e. The van der Waals surface area contributed by atoms with E-state index in [1.165, 1.54) is 11.3 Å². The number of benzene rings is 2. The van der Waals surface area contributed by atoms with Crippen LogP contribution >= 0.6 is 0 Å². The number of aliphatic carboxylic acids is 1. The van der Waals surface area contributed by atoms with E-state index in [1.807, 2.05) is 30.3 Å². The van der Waals surface area contributed by atoms with Crippen molar-refractivity contribution in [1.29, 1.82) is 0 Å². The summed E-state index contributed by atoms with van der Waals surface area (Å²) in [5.74, 6) is -0.380. The molecule has 0 aliphatic heterocycles. The number of carboxylic acid groups (broad SMARTS) is 1. The highest BCUT2D eigenvalue weighted by molar-refractivity contribution is 5.92. The van der Waals surface area contributed by atoms with Gasteiger partial charge in [0.05, 0.1) is 5.52 Å². The molecule has 0 radical (unpaired) electrons. The number of rotatable bonds is 5. The second kappa shape index (κ2) is 6.84. The van der Waals surface area contributed by atoms with Gasteiger partial charge in [0.1, 0.15) is 5.75 Å². The first-order chi connectivity index (χ1) is 12.6. The van der Waals surface area contributed by atoms with Crippen LogP contribution in [0.5, 0.6) is 5.75 Å². The van der Waals surface area contributed by atoms with Gasteiger partial charge in [-0.25, -0.2) is 4.79 Å². The Labute approximate surface area is 152 Å². The molecular weight excluding hydrogens is 328 g/mol. The van der Waals surface area contributed by atoms with Crippen LogP contribution in [0.2, 0.25) is 0 Å². The van der Waals surface area contributed by atoms with E-state index in [2.05, 4.69) is 22.8 Å². The van der Waals surface area contributed by atoms with E-state index >= 15 is 0 Å². The van der Waals surface area contributed by atoms with Crippen LogP contribution in [0.15, 0.2) is 48.5 Å². The molecule has 1 atom stereocenters. The van der Waals surface area contributed by atoms with E-state index in [0.717, 1.165) is 42.3 Å². The summed E-state index contributed by atoms with van der Waals surface area (Å²) in [7, 11) is 0. The van der Waals surface area contributed by atoms with E-state index in [4.69, 9.17) is 15.6 Å². The summed E-state index contributed by atoms with van der Waals surface area (Å²) in [6.07, 6.45) is 2.97. The zero-order valence-corrected chi connectivity index (χ0v) is 14.5. The third-order valence-corrected chi connectivity index (χ3v) is 5.04. The molecule has 3 N–H and O–H groups in total. The number of nitrogens with two attached hydrogens (primary N) is 1. The fourth-order valence-electron chi connectivity index (χ4n) is 3.96. The molecule has 0 saturated carbocycles. The van der Waals surface area contributed by atoms with Crippen molar-refractivity contribution in [2.75, 3.05) is 6.61 Å². The lowest BCUT2D eigenvalue weighted by molar-refractivity contribution is -0.139. The number of hydrogen-bond acceptors (Lipinski definition) is 3. The molecule has 0 spiro atoms. The van der Waals surface area contributed by atoms with Gasteiger partial charge in [0.2, 0.25) is 0 Å². The normalized spacial score (nSPS) is 16.4. The smallest absolute Gasteiger partial charge is 0.341 e. The van der Waals surface area contributed by atoms with Gasteiger partial charge in [-0.1, -0.05) is 36.4 Å². The summed E-state index contributed by atoms with van der Waals surface area (Å²) < 4.78 is 7.90. The van der Waals surface area contributed by atoms with Crippen LogP contribution < -0.4 is 10.5 Å². The van der Waals surface area contributed by atoms with Crippen LogP contribution in [0.3, 0.4) is 0 Å². The van der Waals surface area contributed by atoms with Gasteiger partial charge in [0, 0.05) is 29.2 Å². The van der Waals surface area contributed by atoms with Crippen molar-refractivity contribution in [3.8, 4) is 5.75 Å². The summed E-state index contributed by atoms with van der Waals surface area (Å²) in [6, 6.07) is 16.1. The van der Waals surface area contributed by atoms with Crippen molar-refractivity contribution in [3.63, 3.8) is 0 Å². The number of carboxylic acids is 1. The molecule has 3 aromatic rings. The minimum Gasteiger partial charge on any atom is -0.481 e. The quantitative estimate of drug-likeness (QED) is 0.738. The highest BCUT2D eigenvalue weighted by Crippen LogP contribution is 2.41. The molecule has 134 valence electrons. The van der Waals surface area contributed by atoms with Gasteiger partial charge in [-0.2, -0.15) is 0 Å². The van der Waals surface area contributed by atoms with Gasteiger partial charge in [-0.3, -0.25) is 0 Å². The third kappa shape index (κ3) is 2.95. The number of fused-ring (bicyclic) bond motifs is 3. The van der Waals surface area contributed by atoms with Crippen molar-refractivity contribution >= 4 is 16.9 Å². The molecular formula is C21H22N2O3. The molecule has 0 bridgehead atoms. The lowest BCUT2D eigenvalue weighted by Crippen LogP contribution is -2.19. The van der Waals surface area contributed by atoms with Crippen molar-refractivity contribution in [3.05, 3.63) is 65.4 Å². The largest absolute Gasteiger partial charge is 0.481 e. The maximum atomic E-state index is 11.0. The van der Waals surface area contributed by atoms with Crippen LogP contribution in [0.25, 0.3) is 10.9 Å². The summed E-state index contributed by atoms with van der Waals surface area (Å²) in [4.78, 5) is 11.0. The second-order valence-electron chi connectivity index (χ2n) is 6.76. The Bertz CT molecular complexity index is 947. The molecule has 2 aromatic carbocycles. The maximum absolute atomic E-state index is 11.0. The monoisotopic (exact) mass is 350 g/mol. The molecule has 5 nitrogen and oxygen atoms in total. The Kier molecular flexibility index (Phi) is 4.39. The highest BCUT2D eigenvalue weighted by Gasteiger charge is 2.27. The minimum absolute atomic E-state index is 0.0483. The lowest BCUT2D eigenvalue weighted by Gasteiger charge is -2.21. The van der Waals surface area contributed by atoms with E-state index < -0.39 is 5.97 Å². The molecule has 1 aliphatic carbocycles. The molecule has 1 aromatic heterocycles. The Hall–Kier alpha value is -2.79. The SMILES string of the molecule is NC1CCCc2c1c1c(OCC(=O)O)cccc1n2Cc1ccccc1. The molecule has 5 heteroatoms. The molecule has 1 aliphatic rings. The van der Waals surface area contributed by atoms with Crippen molar-refractivity contribution in [2.45, 2.75) is 31.8 Å². The van der Waals surface area contributed by atoms with Crippen molar-refractivity contribution < 1.29 is 14.6 Å². The van der Waals surface area contributed by atoms with E-state index in [-0.39, 0.29) is 12.6 Å². The van der Waals surface area contributed by atoms with Crippen LogP contribution in [-0.2, 0) is 17.8 Å². The van der Waals surface area contributed by atoms with E-state index in [0.29, 0.717) is 5.75 Å². The van der Waals surface area contributed by atoms with E-state index in [9.17, 15) is 4.79 Å². The molecule has 4 rings (SSSR count). The average molecular weight is 350 g/mol. The van der Waals surface area contributed by atoms with E-state index in [1.54, 1.807) is 0 Å². The lowest BCUT2D eigenvalue weighted by atomic mass is 9.91. The van der Waals surface area contributed by atoms with Crippen molar-refractivity contribution in [2.24, 2.45) is 5.73 Å². The average Bonchev–Trinajstić information content (AvgIpc) is 2.96. The molecule has 1 unspecified atom stereocenters. The van der Waals surface area contributed by atoms with Crippen LogP contribution in [0.4, 0.5) is 0 Å². The van der Waals surface area contributed by atoms with Gasteiger partial charge in [0.15, 0.2) is 6.61 Å². The number of hydrogen-bond donors (Lipinski definition) is 2. The Morgan fingerprint density at radius 1 is 1.19 bits per heavy atom. The fourth-order valence-corrected chi connectivity index (χ4v) is 3.96. The zero-order valence-electron chi connectivity index (χ0n) is 14.5. The number of carbonyl (C=O) groups is 1.